The van der Waals surface area contributed by atoms with E-state index >= 15 is 0 Å². The number of anilines is 3. The van der Waals surface area contributed by atoms with Crippen molar-refractivity contribution in [3.05, 3.63) is 48.3 Å². The molecule has 0 atom stereocenters. The second kappa shape index (κ2) is 4.42. The fourth-order valence-electron chi connectivity index (χ4n) is 2.14. The van der Waals surface area contributed by atoms with Crippen molar-refractivity contribution >= 4 is 23.0 Å². The van der Waals surface area contributed by atoms with Gasteiger partial charge >= 0.3 is 0 Å². The molecule has 0 unspecified atom stereocenters. The zero-order valence-corrected chi connectivity index (χ0v) is 10.00. The van der Waals surface area contributed by atoms with E-state index < -0.39 is 0 Å². The van der Waals surface area contributed by atoms with E-state index in [0.29, 0.717) is 11.3 Å². The number of nitrogens with one attached hydrogen (secondary N) is 1. The number of nitrogens with zero attached hydrogens (tertiary/aromatic N) is 3. The average molecular weight is 250 g/mol. The molecule has 0 spiro atoms. The maximum atomic E-state index is 11.8. The van der Waals surface area contributed by atoms with Gasteiger partial charge in [0.2, 0.25) is 5.91 Å². The number of pyridine rings is 1. The number of hydrogen-bond donors (Lipinski definition) is 1. The number of rotatable bonds is 1. The van der Waals surface area contributed by atoms with Gasteiger partial charge in [0, 0.05) is 6.20 Å². The molecule has 1 aromatic heterocycles. The lowest BCUT2D eigenvalue weighted by Gasteiger charge is -2.31. The number of nitriles is 1. The molecule has 5 nitrogen and oxygen atoms in total. The van der Waals surface area contributed by atoms with Crippen molar-refractivity contribution in [2.45, 2.75) is 0 Å². The number of amides is 1. The number of carbonyl (C=O) groups is 1. The van der Waals surface area contributed by atoms with Crippen LogP contribution in [0.2, 0.25) is 0 Å². The zero-order valence-electron chi connectivity index (χ0n) is 10.00. The number of hydrogen-bond acceptors (Lipinski definition) is 4. The highest BCUT2D eigenvalue weighted by Gasteiger charge is 2.24. The van der Waals surface area contributed by atoms with Gasteiger partial charge in [-0.1, -0.05) is 12.1 Å². The fraction of sp³-hybridized carbons (Fsp3) is 0.0714. The maximum absolute atomic E-state index is 11.8. The molecule has 0 saturated heterocycles. The molecule has 1 aromatic carbocycles. The van der Waals surface area contributed by atoms with E-state index in [-0.39, 0.29) is 12.5 Å². The molecule has 2 heterocycles. The van der Waals surface area contributed by atoms with E-state index in [1.807, 2.05) is 24.3 Å². The van der Waals surface area contributed by atoms with Crippen molar-refractivity contribution in [1.82, 2.24) is 4.98 Å². The highest BCUT2D eigenvalue weighted by Crippen LogP contribution is 2.35. The number of carbonyl (C=O) groups excluding carboxylic acids is 1. The molecule has 0 aliphatic carbocycles. The standard InChI is InChI=1S/C14H10N4O/c15-7-10-5-6-16-8-13(10)18-9-14(19)17-11-3-1-2-4-12(11)18/h1-6,8H,9H2,(H,17,19). The predicted molar refractivity (Wildman–Crippen MR) is 71.0 cm³/mol. The van der Waals surface area contributed by atoms with E-state index in [1.54, 1.807) is 23.4 Å². The maximum Gasteiger partial charge on any atom is 0.244 e. The first-order chi connectivity index (χ1) is 9.29. The Hall–Kier alpha value is -2.87. The van der Waals surface area contributed by atoms with Crippen LogP contribution >= 0.6 is 0 Å². The second-order valence-electron chi connectivity index (χ2n) is 4.16. The lowest BCUT2D eigenvalue weighted by molar-refractivity contribution is -0.115. The SMILES string of the molecule is N#Cc1ccncc1N1CC(=O)Nc2ccccc21. The number of benzene rings is 1. The lowest BCUT2D eigenvalue weighted by Crippen LogP contribution is -2.35. The van der Waals surface area contributed by atoms with Crippen molar-refractivity contribution in [1.29, 1.82) is 5.26 Å². The molecule has 1 aliphatic rings. The minimum atomic E-state index is -0.105. The summed E-state index contributed by atoms with van der Waals surface area (Å²) in [7, 11) is 0. The summed E-state index contributed by atoms with van der Waals surface area (Å²) in [5.74, 6) is -0.105. The molecule has 19 heavy (non-hydrogen) atoms. The molecule has 0 bridgehead atoms. The van der Waals surface area contributed by atoms with Crippen LogP contribution in [0.5, 0.6) is 0 Å². The van der Waals surface area contributed by atoms with E-state index in [2.05, 4.69) is 16.4 Å². The Labute approximate surface area is 110 Å². The molecule has 0 radical (unpaired) electrons. The van der Waals surface area contributed by atoms with E-state index in [0.717, 1.165) is 11.4 Å². The van der Waals surface area contributed by atoms with Crippen LogP contribution in [-0.4, -0.2) is 17.4 Å². The average Bonchev–Trinajstić information content (AvgIpc) is 2.46. The Kier molecular flexibility index (Phi) is 2.62. The van der Waals surface area contributed by atoms with Crippen LogP contribution in [0, 0.1) is 11.3 Å². The highest BCUT2D eigenvalue weighted by atomic mass is 16.2. The summed E-state index contributed by atoms with van der Waals surface area (Å²) in [5, 5.41) is 12.0. The topological polar surface area (TPSA) is 69.0 Å². The largest absolute Gasteiger partial charge is 0.328 e. The summed E-state index contributed by atoms with van der Waals surface area (Å²) in [5.41, 5.74) is 2.75. The van der Waals surface area contributed by atoms with Gasteiger partial charge in [-0.25, -0.2) is 0 Å². The second-order valence-corrected chi connectivity index (χ2v) is 4.16. The molecule has 1 aliphatic heterocycles. The Morgan fingerprint density at radius 3 is 2.95 bits per heavy atom. The van der Waals surface area contributed by atoms with Crippen LogP contribution in [0.15, 0.2) is 42.7 Å². The molecule has 0 fully saturated rings. The van der Waals surface area contributed by atoms with Crippen LogP contribution < -0.4 is 10.2 Å². The normalized spacial score (nSPS) is 13.4. The molecule has 92 valence electrons. The van der Waals surface area contributed by atoms with Gasteiger partial charge in [-0.15, -0.1) is 0 Å². The van der Waals surface area contributed by atoms with Crippen LogP contribution in [-0.2, 0) is 4.79 Å². The molecule has 1 amide bonds. The Balaban J connectivity index is 2.16. The highest BCUT2D eigenvalue weighted by molar-refractivity contribution is 6.03. The molecule has 0 saturated carbocycles. The Morgan fingerprint density at radius 2 is 2.11 bits per heavy atom. The fourth-order valence-corrected chi connectivity index (χ4v) is 2.14. The molecular weight excluding hydrogens is 240 g/mol. The van der Waals surface area contributed by atoms with Crippen LogP contribution in [0.25, 0.3) is 0 Å². The third-order valence-corrected chi connectivity index (χ3v) is 2.98. The summed E-state index contributed by atoms with van der Waals surface area (Å²) in [4.78, 5) is 17.6. The van der Waals surface area contributed by atoms with Gasteiger partial charge in [0.05, 0.1) is 28.8 Å². The van der Waals surface area contributed by atoms with E-state index in [9.17, 15) is 4.79 Å². The first-order valence-electron chi connectivity index (χ1n) is 5.80. The van der Waals surface area contributed by atoms with Gasteiger partial charge in [-0.05, 0) is 18.2 Å². The smallest absolute Gasteiger partial charge is 0.244 e. The number of para-hydroxylation sites is 2. The predicted octanol–water partition coefficient (Wildman–Crippen LogP) is 2.04. The Bertz CT molecular complexity index is 690. The van der Waals surface area contributed by atoms with Gasteiger partial charge in [-0.2, -0.15) is 5.26 Å². The molecular formula is C14H10N4O. The van der Waals surface area contributed by atoms with Gasteiger partial charge in [0.1, 0.15) is 12.6 Å². The van der Waals surface area contributed by atoms with Crippen molar-refractivity contribution in [2.24, 2.45) is 0 Å². The number of aromatic nitrogens is 1. The quantitative estimate of drug-likeness (QED) is 0.840. The zero-order chi connectivity index (χ0) is 13.2. The molecule has 2 aromatic rings. The first kappa shape index (κ1) is 11.2. The summed E-state index contributed by atoms with van der Waals surface area (Å²) in [6.45, 7) is 0.178. The van der Waals surface area contributed by atoms with Gasteiger partial charge < -0.3 is 10.2 Å². The van der Waals surface area contributed by atoms with Gasteiger partial charge in [0.15, 0.2) is 0 Å². The van der Waals surface area contributed by atoms with Crippen LogP contribution in [0.1, 0.15) is 5.56 Å². The minimum Gasteiger partial charge on any atom is -0.328 e. The molecule has 3 rings (SSSR count). The monoisotopic (exact) mass is 250 g/mol. The van der Waals surface area contributed by atoms with Crippen molar-refractivity contribution in [3.8, 4) is 6.07 Å². The van der Waals surface area contributed by atoms with Crippen molar-refractivity contribution in [3.63, 3.8) is 0 Å². The lowest BCUT2D eigenvalue weighted by atomic mass is 10.1. The van der Waals surface area contributed by atoms with Gasteiger partial charge in [0.25, 0.3) is 0 Å². The number of fused-ring (bicyclic) bond motifs is 1. The van der Waals surface area contributed by atoms with Crippen LogP contribution in [0.4, 0.5) is 17.1 Å². The first-order valence-corrected chi connectivity index (χ1v) is 5.80. The summed E-state index contributed by atoms with van der Waals surface area (Å²) < 4.78 is 0. The molecule has 1 N–H and O–H groups in total. The van der Waals surface area contributed by atoms with Crippen molar-refractivity contribution in [2.75, 3.05) is 16.8 Å². The van der Waals surface area contributed by atoms with Crippen LogP contribution in [0.3, 0.4) is 0 Å². The third kappa shape index (κ3) is 1.89. The minimum absolute atomic E-state index is 0.105. The van der Waals surface area contributed by atoms with E-state index in [4.69, 9.17) is 5.26 Å². The Morgan fingerprint density at radius 1 is 1.26 bits per heavy atom. The van der Waals surface area contributed by atoms with E-state index in [1.165, 1.54) is 0 Å². The molecule has 5 heteroatoms. The van der Waals surface area contributed by atoms with Gasteiger partial charge in [-0.3, -0.25) is 9.78 Å². The summed E-state index contributed by atoms with van der Waals surface area (Å²) in [6.07, 6.45) is 3.17. The summed E-state index contributed by atoms with van der Waals surface area (Å²) >= 11 is 0. The van der Waals surface area contributed by atoms with Crippen molar-refractivity contribution < 1.29 is 4.79 Å². The third-order valence-electron chi connectivity index (χ3n) is 2.98. The summed E-state index contributed by atoms with van der Waals surface area (Å²) in [6, 6.07) is 11.3.